The number of aromatic nitrogens is 1. The number of thiazole rings is 1. The van der Waals surface area contributed by atoms with Crippen LogP contribution in [0.5, 0.6) is 0 Å². The lowest BCUT2D eigenvalue weighted by Gasteiger charge is -2.17. The van der Waals surface area contributed by atoms with Crippen molar-refractivity contribution in [3.63, 3.8) is 0 Å². The molecule has 1 saturated heterocycles. The molecule has 1 N–H and O–H groups in total. The van der Waals surface area contributed by atoms with Crippen molar-refractivity contribution in [2.45, 2.75) is 24.6 Å². The highest BCUT2D eigenvalue weighted by molar-refractivity contribution is 8.01. The van der Waals surface area contributed by atoms with Crippen LogP contribution in [0, 0.1) is 5.92 Å². The zero-order chi connectivity index (χ0) is 18.5. The van der Waals surface area contributed by atoms with Gasteiger partial charge in [0.15, 0.2) is 4.34 Å². The highest BCUT2D eigenvalue weighted by atomic mass is 32.2. The Morgan fingerprint density at radius 1 is 1.38 bits per heavy atom. The number of anilines is 1. The van der Waals surface area contributed by atoms with E-state index >= 15 is 0 Å². The Morgan fingerprint density at radius 2 is 2.19 bits per heavy atom. The number of ether oxygens (including phenoxy) is 1. The second-order valence-electron chi connectivity index (χ2n) is 6.07. The van der Waals surface area contributed by atoms with Gasteiger partial charge in [0.25, 0.3) is 0 Å². The number of nitrogens with zero attached hydrogens (tertiary/aromatic N) is 2. The number of hydrogen-bond acceptors (Lipinski definition) is 6. The van der Waals surface area contributed by atoms with Crippen molar-refractivity contribution in [3.05, 3.63) is 18.2 Å². The topological polar surface area (TPSA) is 71.5 Å². The average molecular weight is 394 g/mol. The number of carbonyl (C=O) groups is 2. The minimum atomic E-state index is -0.0654. The van der Waals surface area contributed by atoms with Crippen molar-refractivity contribution in [2.24, 2.45) is 5.92 Å². The number of benzene rings is 1. The van der Waals surface area contributed by atoms with Crippen molar-refractivity contribution in [3.8, 4) is 0 Å². The molecule has 1 aliphatic rings. The second-order valence-corrected chi connectivity index (χ2v) is 8.32. The lowest BCUT2D eigenvalue weighted by atomic mass is 10.1. The standard InChI is InChI=1S/C18H23N3O3S2/c1-3-21(4-2)16(22)11-25-18-20-14-6-5-13(9-15(14)26-18)19-17(23)12-7-8-24-10-12/h5-6,9,12H,3-4,7-8,10-11H2,1-2H3,(H,19,23). The maximum absolute atomic E-state index is 12.2. The second kappa shape index (κ2) is 8.83. The van der Waals surface area contributed by atoms with E-state index in [2.05, 4.69) is 10.3 Å². The van der Waals surface area contributed by atoms with Gasteiger partial charge in [0.1, 0.15) is 0 Å². The zero-order valence-corrected chi connectivity index (χ0v) is 16.6. The molecule has 26 heavy (non-hydrogen) atoms. The average Bonchev–Trinajstić information content (AvgIpc) is 3.30. The maximum Gasteiger partial charge on any atom is 0.232 e. The van der Waals surface area contributed by atoms with Crippen LogP contribution in [-0.2, 0) is 14.3 Å². The van der Waals surface area contributed by atoms with E-state index in [9.17, 15) is 9.59 Å². The summed E-state index contributed by atoms with van der Waals surface area (Å²) in [6.07, 6.45) is 0.774. The minimum Gasteiger partial charge on any atom is -0.381 e. The number of carbonyl (C=O) groups excluding carboxylic acids is 2. The molecule has 0 spiro atoms. The molecule has 1 aliphatic heterocycles. The molecule has 1 aromatic carbocycles. The number of fused-ring (bicyclic) bond motifs is 1. The first-order chi connectivity index (χ1) is 12.6. The molecule has 6 nitrogen and oxygen atoms in total. The molecule has 8 heteroatoms. The summed E-state index contributed by atoms with van der Waals surface area (Å²) in [5, 5.41) is 2.96. The van der Waals surface area contributed by atoms with Crippen LogP contribution in [0.25, 0.3) is 10.2 Å². The quantitative estimate of drug-likeness (QED) is 0.731. The molecule has 0 radical (unpaired) electrons. The van der Waals surface area contributed by atoms with Gasteiger partial charge in [-0.1, -0.05) is 11.8 Å². The fourth-order valence-corrected chi connectivity index (χ4v) is 4.83. The monoisotopic (exact) mass is 393 g/mol. The van der Waals surface area contributed by atoms with Crippen molar-refractivity contribution in [2.75, 3.05) is 37.4 Å². The summed E-state index contributed by atoms with van der Waals surface area (Å²) < 4.78 is 7.14. The van der Waals surface area contributed by atoms with E-state index in [1.165, 1.54) is 11.8 Å². The number of nitrogens with one attached hydrogen (secondary N) is 1. The first-order valence-corrected chi connectivity index (χ1v) is 10.6. The molecule has 2 heterocycles. The normalized spacial score (nSPS) is 16.8. The molecular weight excluding hydrogens is 370 g/mol. The van der Waals surface area contributed by atoms with Gasteiger partial charge in [0, 0.05) is 25.4 Å². The van der Waals surface area contributed by atoms with Crippen LogP contribution in [0.4, 0.5) is 5.69 Å². The van der Waals surface area contributed by atoms with Crippen molar-refractivity contribution >= 4 is 50.8 Å². The van der Waals surface area contributed by atoms with Gasteiger partial charge in [0.2, 0.25) is 11.8 Å². The van der Waals surface area contributed by atoms with Crippen LogP contribution < -0.4 is 5.32 Å². The third kappa shape index (κ3) is 4.55. The first-order valence-electron chi connectivity index (χ1n) is 8.80. The van der Waals surface area contributed by atoms with Gasteiger partial charge in [0.05, 0.1) is 28.5 Å². The molecule has 1 fully saturated rings. The summed E-state index contributed by atoms with van der Waals surface area (Å²) >= 11 is 3.01. The summed E-state index contributed by atoms with van der Waals surface area (Å²) in [5.41, 5.74) is 1.66. The van der Waals surface area contributed by atoms with E-state index < -0.39 is 0 Å². The van der Waals surface area contributed by atoms with E-state index in [4.69, 9.17) is 4.74 Å². The Balaban J connectivity index is 1.63. The smallest absolute Gasteiger partial charge is 0.232 e. The predicted octanol–water partition coefficient (Wildman–Crippen LogP) is 3.23. The number of thioether (sulfide) groups is 1. The minimum absolute atomic E-state index is 0.00535. The van der Waals surface area contributed by atoms with Gasteiger partial charge >= 0.3 is 0 Å². The fraction of sp³-hybridized carbons (Fsp3) is 0.500. The lowest BCUT2D eigenvalue weighted by Crippen LogP contribution is -2.31. The number of hydrogen-bond donors (Lipinski definition) is 1. The van der Waals surface area contributed by atoms with E-state index in [-0.39, 0.29) is 17.7 Å². The van der Waals surface area contributed by atoms with Crippen molar-refractivity contribution in [1.29, 1.82) is 0 Å². The van der Waals surface area contributed by atoms with E-state index in [0.717, 1.165) is 39.8 Å². The fourth-order valence-electron chi connectivity index (χ4n) is 2.82. The van der Waals surface area contributed by atoms with Gasteiger partial charge in [-0.05, 0) is 38.5 Å². The third-order valence-electron chi connectivity index (χ3n) is 4.37. The van der Waals surface area contributed by atoms with E-state index in [1.807, 2.05) is 36.9 Å². The molecule has 1 unspecified atom stereocenters. The molecule has 2 aromatic rings. The summed E-state index contributed by atoms with van der Waals surface area (Å²) in [5.74, 6) is 0.466. The highest BCUT2D eigenvalue weighted by Crippen LogP contribution is 2.31. The summed E-state index contributed by atoms with van der Waals surface area (Å²) in [6, 6.07) is 5.71. The van der Waals surface area contributed by atoms with Crippen LogP contribution in [0.3, 0.4) is 0 Å². The number of rotatable bonds is 7. The molecule has 140 valence electrons. The summed E-state index contributed by atoms with van der Waals surface area (Å²) in [4.78, 5) is 30.7. The van der Waals surface area contributed by atoms with Crippen LogP contribution in [0.1, 0.15) is 20.3 Å². The Morgan fingerprint density at radius 3 is 2.88 bits per heavy atom. The van der Waals surface area contributed by atoms with E-state index in [0.29, 0.717) is 19.0 Å². The molecule has 1 atom stereocenters. The molecule has 3 rings (SSSR count). The number of amides is 2. The predicted molar refractivity (Wildman–Crippen MR) is 106 cm³/mol. The molecule has 0 saturated carbocycles. The maximum atomic E-state index is 12.2. The van der Waals surface area contributed by atoms with Gasteiger partial charge in [-0.25, -0.2) is 4.98 Å². The van der Waals surface area contributed by atoms with Crippen LogP contribution in [-0.4, -0.2) is 53.8 Å². The van der Waals surface area contributed by atoms with Crippen molar-refractivity contribution < 1.29 is 14.3 Å². The lowest BCUT2D eigenvalue weighted by molar-refractivity contribution is -0.128. The third-order valence-corrected chi connectivity index (χ3v) is 6.52. The summed E-state index contributed by atoms with van der Waals surface area (Å²) in [7, 11) is 0. The van der Waals surface area contributed by atoms with Gasteiger partial charge in [-0.15, -0.1) is 11.3 Å². The Kier molecular flexibility index (Phi) is 6.50. The molecule has 2 amide bonds. The zero-order valence-electron chi connectivity index (χ0n) is 15.0. The van der Waals surface area contributed by atoms with Crippen LogP contribution in [0.2, 0.25) is 0 Å². The molecule has 0 bridgehead atoms. The van der Waals surface area contributed by atoms with Crippen LogP contribution >= 0.6 is 23.1 Å². The molecule has 0 aliphatic carbocycles. The summed E-state index contributed by atoms with van der Waals surface area (Å²) in [6.45, 7) is 6.57. The molecular formula is C18H23N3O3S2. The Hall–Kier alpha value is -1.64. The van der Waals surface area contributed by atoms with Gasteiger partial charge in [-0.3, -0.25) is 9.59 Å². The Bertz CT molecular complexity index is 783. The molecule has 1 aromatic heterocycles. The first kappa shape index (κ1) is 19.1. The van der Waals surface area contributed by atoms with Crippen molar-refractivity contribution in [1.82, 2.24) is 9.88 Å². The van der Waals surface area contributed by atoms with Gasteiger partial charge < -0.3 is 15.0 Å². The van der Waals surface area contributed by atoms with Crippen LogP contribution in [0.15, 0.2) is 22.5 Å². The SMILES string of the molecule is CCN(CC)C(=O)CSc1nc2ccc(NC(=O)C3CCOC3)cc2s1. The highest BCUT2D eigenvalue weighted by Gasteiger charge is 2.23. The largest absolute Gasteiger partial charge is 0.381 e. The van der Waals surface area contributed by atoms with Gasteiger partial charge in [-0.2, -0.15) is 0 Å². The van der Waals surface area contributed by atoms with E-state index in [1.54, 1.807) is 11.3 Å². The Labute approximate surface area is 161 Å².